The molecule has 1 aromatic rings. The molecule has 1 aliphatic carbocycles. The Morgan fingerprint density at radius 2 is 1.92 bits per heavy atom. The second kappa shape index (κ2) is 3.75. The van der Waals surface area contributed by atoms with Crippen LogP contribution in [-0.4, -0.2) is 6.04 Å². The smallest absolute Gasteiger partial charge is 0.0229 e. The normalized spacial score (nSPS) is 22.5. The van der Waals surface area contributed by atoms with E-state index < -0.39 is 0 Å². The van der Waals surface area contributed by atoms with Crippen molar-refractivity contribution in [3.05, 3.63) is 42.0 Å². The highest BCUT2D eigenvalue weighted by molar-refractivity contribution is 5.66. The molecule has 0 bridgehead atoms. The Morgan fingerprint density at radius 1 is 1.15 bits per heavy atom. The van der Waals surface area contributed by atoms with Crippen LogP contribution in [0.1, 0.15) is 24.8 Å². The number of benzene rings is 1. The first-order valence-corrected chi connectivity index (χ1v) is 4.88. The van der Waals surface area contributed by atoms with E-state index in [1.807, 2.05) is 6.07 Å². The van der Waals surface area contributed by atoms with E-state index in [1.165, 1.54) is 24.0 Å². The highest BCUT2D eigenvalue weighted by atomic mass is 14.6. The minimum absolute atomic E-state index is 0.268. The fraction of sp³-hybridized carbons (Fsp3) is 0.333. The molecule has 0 saturated carbocycles. The van der Waals surface area contributed by atoms with Gasteiger partial charge in [-0.1, -0.05) is 36.4 Å². The molecule has 0 spiro atoms. The molecule has 1 nitrogen and oxygen atoms in total. The molecular weight excluding hydrogens is 158 g/mol. The molecule has 0 fully saturated rings. The Bertz CT molecular complexity index is 300. The van der Waals surface area contributed by atoms with Gasteiger partial charge in [0.1, 0.15) is 0 Å². The maximum atomic E-state index is 5.89. The van der Waals surface area contributed by atoms with E-state index in [0.29, 0.717) is 0 Å². The Balaban J connectivity index is 2.26. The van der Waals surface area contributed by atoms with Crippen molar-refractivity contribution in [2.24, 2.45) is 5.73 Å². The van der Waals surface area contributed by atoms with Crippen molar-refractivity contribution in [1.29, 1.82) is 0 Å². The van der Waals surface area contributed by atoms with Gasteiger partial charge < -0.3 is 5.73 Å². The van der Waals surface area contributed by atoms with E-state index in [4.69, 9.17) is 5.73 Å². The summed E-state index contributed by atoms with van der Waals surface area (Å²) in [5.74, 6) is 0. The van der Waals surface area contributed by atoms with Crippen LogP contribution in [0.2, 0.25) is 0 Å². The van der Waals surface area contributed by atoms with Crippen LogP contribution < -0.4 is 5.73 Å². The van der Waals surface area contributed by atoms with Crippen molar-refractivity contribution in [2.75, 3.05) is 0 Å². The summed E-state index contributed by atoms with van der Waals surface area (Å²) in [4.78, 5) is 0. The van der Waals surface area contributed by atoms with Crippen LogP contribution in [-0.2, 0) is 0 Å². The van der Waals surface area contributed by atoms with Gasteiger partial charge in [-0.25, -0.2) is 0 Å². The van der Waals surface area contributed by atoms with Crippen molar-refractivity contribution in [3.63, 3.8) is 0 Å². The number of hydrogen-bond acceptors (Lipinski definition) is 1. The lowest BCUT2D eigenvalue weighted by molar-refractivity contribution is 0.654. The monoisotopic (exact) mass is 173 g/mol. The molecule has 2 rings (SSSR count). The summed E-state index contributed by atoms with van der Waals surface area (Å²) in [5.41, 5.74) is 8.63. The van der Waals surface area contributed by atoms with Gasteiger partial charge in [-0.2, -0.15) is 0 Å². The SMILES string of the molecule is N[C@H]1C=C(c2ccccc2)CCC1. The van der Waals surface area contributed by atoms with E-state index in [0.717, 1.165) is 6.42 Å². The first-order valence-electron chi connectivity index (χ1n) is 4.88. The highest BCUT2D eigenvalue weighted by Crippen LogP contribution is 2.25. The van der Waals surface area contributed by atoms with E-state index >= 15 is 0 Å². The molecule has 0 aliphatic heterocycles. The predicted molar refractivity (Wildman–Crippen MR) is 56.2 cm³/mol. The van der Waals surface area contributed by atoms with Gasteiger partial charge in [0.2, 0.25) is 0 Å². The molecule has 68 valence electrons. The van der Waals surface area contributed by atoms with E-state index in [9.17, 15) is 0 Å². The molecule has 2 N–H and O–H groups in total. The average Bonchev–Trinajstić information content (AvgIpc) is 2.19. The summed E-state index contributed by atoms with van der Waals surface area (Å²) in [6.07, 6.45) is 5.74. The summed E-state index contributed by atoms with van der Waals surface area (Å²) >= 11 is 0. The van der Waals surface area contributed by atoms with Gasteiger partial charge in [0.25, 0.3) is 0 Å². The molecule has 0 aromatic heterocycles. The van der Waals surface area contributed by atoms with Gasteiger partial charge >= 0.3 is 0 Å². The Kier molecular flexibility index (Phi) is 2.46. The zero-order valence-electron chi connectivity index (χ0n) is 7.74. The molecule has 13 heavy (non-hydrogen) atoms. The molecule has 0 radical (unpaired) electrons. The maximum Gasteiger partial charge on any atom is 0.0229 e. The summed E-state index contributed by atoms with van der Waals surface area (Å²) < 4.78 is 0. The first-order chi connectivity index (χ1) is 6.36. The lowest BCUT2D eigenvalue weighted by Gasteiger charge is -2.17. The fourth-order valence-electron chi connectivity index (χ4n) is 1.85. The van der Waals surface area contributed by atoms with Crippen molar-refractivity contribution < 1.29 is 0 Å². The highest BCUT2D eigenvalue weighted by Gasteiger charge is 2.10. The second-order valence-electron chi connectivity index (χ2n) is 3.61. The minimum atomic E-state index is 0.268. The summed E-state index contributed by atoms with van der Waals surface area (Å²) in [5, 5.41) is 0. The summed E-state index contributed by atoms with van der Waals surface area (Å²) in [6.45, 7) is 0. The van der Waals surface area contributed by atoms with Crippen molar-refractivity contribution in [3.8, 4) is 0 Å². The van der Waals surface area contributed by atoms with Crippen LogP contribution in [0.15, 0.2) is 36.4 Å². The number of rotatable bonds is 1. The largest absolute Gasteiger partial charge is 0.324 e. The third kappa shape index (κ3) is 1.99. The van der Waals surface area contributed by atoms with Crippen molar-refractivity contribution in [1.82, 2.24) is 0 Å². The van der Waals surface area contributed by atoms with E-state index in [-0.39, 0.29) is 6.04 Å². The molecule has 1 aromatic carbocycles. The maximum absolute atomic E-state index is 5.89. The van der Waals surface area contributed by atoms with Gasteiger partial charge in [-0.15, -0.1) is 0 Å². The molecule has 1 aliphatic rings. The Morgan fingerprint density at radius 3 is 2.62 bits per heavy atom. The first kappa shape index (κ1) is 8.52. The molecule has 1 atom stereocenters. The van der Waals surface area contributed by atoms with Crippen LogP contribution in [0.5, 0.6) is 0 Å². The van der Waals surface area contributed by atoms with Gasteiger partial charge in [0.05, 0.1) is 0 Å². The second-order valence-corrected chi connectivity index (χ2v) is 3.61. The van der Waals surface area contributed by atoms with Gasteiger partial charge in [-0.05, 0) is 30.4 Å². The zero-order chi connectivity index (χ0) is 9.10. The third-order valence-electron chi connectivity index (χ3n) is 2.54. The molecule has 1 heteroatoms. The van der Waals surface area contributed by atoms with Gasteiger partial charge in [0, 0.05) is 6.04 Å². The lowest BCUT2D eigenvalue weighted by Crippen LogP contribution is -2.19. The minimum Gasteiger partial charge on any atom is -0.324 e. The molecule has 0 amide bonds. The number of nitrogens with two attached hydrogens (primary N) is 1. The van der Waals surface area contributed by atoms with Crippen LogP contribution in [0.3, 0.4) is 0 Å². The zero-order valence-corrected chi connectivity index (χ0v) is 7.74. The average molecular weight is 173 g/mol. The summed E-state index contributed by atoms with van der Waals surface area (Å²) in [6, 6.07) is 10.8. The summed E-state index contributed by atoms with van der Waals surface area (Å²) in [7, 11) is 0. The number of hydrogen-bond donors (Lipinski definition) is 1. The molecule has 0 unspecified atom stereocenters. The van der Waals surface area contributed by atoms with Gasteiger partial charge in [-0.3, -0.25) is 0 Å². The number of allylic oxidation sites excluding steroid dienone is 1. The Labute approximate surface area is 79.3 Å². The van der Waals surface area contributed by atoms with E-state index in [2.05, 4.69) is 30.3 Å². The van der Waals surface area contributed by atoms with Gasteiger partial charge in [0.15, 0.2) is 0 Å². The quantitative estimate of drug-likeness (QED) is 0.694. The fourth-order valence-corrected chi connectivity index (χ4v) is 1.85. The van der Waals surface area contributed by atoms with Crippen LogP contribution in [0, 0.1) is 0 Å². The Hall–Kier alpha value is -1.08. The standard InChI is InChI=1S/C12H15N/c13-12-8-4-7-11(9-12)10-5-2-1-3-6-10/h1-3,5-6,9,12H,4,7-8,13H2/t12-/m1/s1. The molecular formula is C12H15N. The van der Waals surface area contributed by atoms with Crippen LogP contribution in [0.4, 0.5) is 0 Å². The molecule has 0 heterocycles. The van der Waals surface area contributed by atoms with E-state index in [1.54, 1.807) is 0 Å². The predicted octanol–water partition coefficient (Wildman–Crippen LogP) is 2.58. The topological polar surface area (TPSA) is 26.0 Å². The molecule has 0 saturated heterocycles. The third-order valence-corrected chi connectivity index (χ3v) is 2.54. The lowest BCUT2D eigenvalue weighted by atomic mass is 9.91. The van der Waals surface area contributed by atoms with Crippen molar-refractivity contribution in [2.45, 2.75) is 25.3 Å². The van der Waals surface area contributed by atoms with Crippen molar-refractivity contribution >= 4 is 5.57 Å². The van der Waals surface area contributed by atoms with Crippen LogP contribution >= 0.6 is 0 Å². The van der Waals surface area contributed by atoms with Crippen LogP contribution in [0.25, 0.3) is 5.57 Å².